The minimum Gasteiger partial charge on any atom is -0.462 e. The van der Waals surface area contributed by atoms with Gasteiger partial charge in [-0.2, -0.15) is 9.61 Å². The van der Waals surface area contributed by atoms with Crippen LogP contribution in [0.15, 0.2) is 42.9 Å². The minimum atomic E-state index is -3.81. The summed E-state index contributed by atoms with van der Waals surface area (Å²) in [5.74, 6) is -0.156. The van der Waals surface area contributed by atoms with Crippen LogP contribution in [0, 0.1) is 0 Å². The molecule has 13 heteroatoms. The number of benzene rings is 1. The number of anilines is 1. The summed E-state index contributed by atoms with van der Waals surface area (Å²) in [4.78, 5) is 20.2. The Labute approximate surface area is 196 Å². The number of aromatic nitrogens is 4. The molecule has 184 valence electrons. The Hall–Kier alpha value is -3.08. The van der Waals surface area contributed by atoms with Crippen molar-refractivity contribution >= 4 is 25.1 Å². The van der Waals surface area contributed by atoms with Crippen LogP contribution in [-0.4, -0.2) is 56.8 Å². The lowest BCUT2D eigenvalue weighted by molar-refractivity contribution is -0.149. The Morgan fingerprint density at radius 2 is 1.97 bits per heavy atom. The van der Waals surface area contributed by atoms with E-state index in [9.17, 15) is 13.8 Å². The van der Waals surface area contributed by atoms with E-state index < -0.39 is 38.7 Å². The van der Waals surface area contributed by atoms with Crippen molar-refractivity contribution in [2.75, 3.05) is 18.8 Å². The summed E-state index contributed by atoms with van der Waals surface area (Å²) in [5, 5.41) is 6.78. The largest absolute Gasteiger partial charge is 0.462 e. The second kappa shape index (κ2) is 11.4. The van der Waals surface area contributed by atoms with Gasteiger partial charge in [-0.05, 0) is 32.9 Å². The van der Waals surface area contributed by atoms with Gasteiger partial charge < -0.3 is 19.7 Å². The summed E-state index contributed by atoms with van der Waals surface area (Å²) in [6.07, 6.45) is 1.05. The van der Waals surface area contributed by atoms with E-state index in [1.54, 1.807) is 44.2 Å². The highest BCUT2D eigenvalue weighted by molar-refractivity contribution is 7.57. The minimum absolute atomic E-state index is 0.0900. The van der Waals surface area contributed by atoms with Crippen LogP contribution in [0.25, 0.3) is 5.65 Å². The maximum absolute atomic E-state index is 13.8. The third-order valence-electron chi connectivity index (χ3n) is 4.60. The zero-order valence-corrected chi connectivity index (χ0v) is 20.0. The molecule has 2 heterocycles. The van der Waals surface area contributed by atoms with E-state index in [0.29, 0.717) is 17.0 Å². The fourth-order valence-corrected chi connectivity index (χ4v) is 4.80. The van der Waals surface area contributed by atoms with Crippen LogP contribution in [0.2, 0.25) is 0 Å². The van der Waals surface area contributed by atoms with E-state index in [1.165, 1.54) is 24.0 Å². The molecule has 0 aliphatic heterocycles. The van der Waals surface area contributed by atoms with E-state index in [-0.39, 0.29) is 18.5 Å². The molecule has 2 unspecified atom stereocenters. The molecule has 0 aliphatic rings. The van der Waals surface area contributed by atoms with Gasteiger partial charge in [-0.25, -0.2) is 19.4 Å². The van der Waals surface area contributed by atoms with Crippen molar-refractivity contribution in [3.8, 4) is 5.75 Å². The van der Waals surface area contributed by atoms with Gasteiger partial charge in [0.1, 0.15) is 31.1 Å². The smallest absolute Gasteiger partial charge is 0.342 e. The summed E-state index contributed by atoms with van der Waals surface area (Å²) < 4.78 is 45.3. The molecule has 0 aliphatic carbocycles. The van der Waals surface area contributed by atoms with Crippen LogP contribution in [0.3, 0.4) is 0 Å². The molecule has 0 spiro atoms. The van der Waals surface area contributed by atoms with Crippen LogP contribution in [0.1, 0.15) is 26.3 Å². The second-order valence-corrected chi connectivity index (χ2v) is 9.87. The molecule has 0 saturated heterocycles. The number of esters is 1. The molecule has 0 fully saturated rings. The number of carbonyl (C=O) groups excluding carboxylic acids is 1. The van der Waals surface area contributed by atoms with Crippen molar-refractivity contribution in [2.45, 2.75) is 45.4 Å². The SMILES string of the molecule is CC(C)OC(=O)[C@H](C)NP(=O)(COC(CF)Cc1cnn2c(N)ncnc12)Oc1ccccc1. The van der Waals surface area contributed by atoms with E-state index >= 15 is 0 Å². The van der Waals surface area contributed by atoms with E-state index in [1.807, 2.05) is 0 Å². The number of halogens is 1. The number of ether oxygens (including phenoxy) is 2. The number of hydrogen-bond acceptors (Lipinski definition) is 9. The lowest BCUT2D eigenvalue weighted by atomic mass is 10.1. The van der Waals surface area contributed by atoms with E-state index in [4.69, 9.17) is 19.7 Å². The molecule has 3 N–H and O–H groups in total. The van der Waals surface area contributed by atoms with E-state index in [0.717, 1.165) is 0 Å². The number of nitrogens with two attached hydrogens (primary N) is 1. The number of nitrogen functional groups attached to an aromatic ring is 1. The zero-order valence-electron chi connectivity index (χ0n) is 19.1. The van der Waals surface area contributed by atoms with E-state index in [2.05, 4.69) is 20.2 Å². The van der Waals surface area contributed by atoms with Crippen molar-refractivity contribution in [2.24, 2.45) is 0 Å². The summed E-state index contributed by atoms with van der Waals surface area (Å²) in [6, 6.07) is 7.46. The quantitative estimate of drug-likeness (QED) is 0.285. The zero-order chi connectivity index (χ0) is 24.7. The third kappa shape index (κ3) is 6.72. The molecule has 0 bridgehead atoms. The van der Waals surface area contributed by atoms with Crippen LogP contribution in [0.5, 0.6) is 5.75 Å². The van der Waals surface area contributed by atoms with Crippen LogP contribution in [0.4, 0.5) is 10.3 Å². The maximum atomic E-state index is 13.8. The van der Waals surface area contributed by atoms with Gasteiger partial charge in [0.15, 0.2) is 5.65 Å². The van der Waals surface area contributed by atoms with Crippen molar-refractivity contribution < 1.29 is 27.7 Å². The molecule has 1 aromatic carbocycles. The van der Waals surface area contributed by atoms with Gasteiger partial charge in [-0.15, -0.1) is 0 Å². The number of alkyl halides is 1. The molecule has 2 aromatic heterocycles. The Morgan fingerprint density at radius 3 is 2.65 bits per heavy atom. The molecule has 0 radical (unpaired) electrons. The molecular weight excluding hydrogens is 466 g/mol. The highest BCUT2D eigenvalue weighted by Gasteiger charge is 2.32. The summed E-state index contributed by atoms with van der Waals surface area (Å²) in [7, 11) is -3.81. The first kappa shape index (κ1) is 25.5. The third-order valence-corrected chi connectivity index (χ3v) is 6.37. The average molecular weight is 494 g/mol. The molecule has 0 saturated carbocycles. The van der Waals surface area contributed by atoms with Gasteiger partial charge >= 0.3 is 13.5 Å². The summed E-state index contributed by atoms with van der Waals surface area (Å²) in [6.45, 7) is 4.05. The molecule has 3 atom stereocenters. The Balaban J connectivity index is 1.74. The Kier molecular flexibility index (Phi) is 8.54. The monoisotopic (exact) mass is 494 g/mol. The van der Waals surface area contributed by atoms with Gasteiger partial charge in [0.2, 0.25) is 5.95 Å². The number of nitrogens with one attached hydrogen (secondary N) is 1. The highest BCUT2D eigenvalue weighted by Crippen LogP contribution is 2.44. The predicted octanol–water partition coefficient (Wildman–Crippen LogP) is 2.76. The summed E-state index contributed by atoms with van der Waals surface area (Å²) >= 11 is 0. The van der Waals surface area contributed by atoms with Gasteiger partial charge in [-0.3, -0.25) is 9.36 Å². The number of carbonyl (C=O) groups is 1. The number of fused-ring (bicyclic) bond motifs is 1. The first-order chi connectivity index (χ1) is 16.2. The molecule has 3 aromatic rings. The van der Waals surface area contributed by atoms with Crippen LogP contribution < -0.4 is 15.3 Å². The van der Waals surface area contributed by atoms with Crippen molar-refractivity contribution in [1.82, 2.24) is 24.7 Å². The number of para-hydroxylation sites is 1. The van der Waals surface area contributed by atoms with Crippen LogP contribution >= 0.6 is 7.52 Å². The Morgan fingerprint density at radius 1 is 1.24 bits per heavy atom. The topological polar surface area (TPSA) is 143 Å². The lowest BCUT2D eigenvalue weighted by Crippen LogP contribution is -2.37. The Bertz CT molecular complexity index is 1150. The summed E-state index contributed by atoms with van der Waals surface area (Å²) in [5.41, 5.74) is 6.77. The van der Waals surface area contributed by atoms with Gasteiger partial charge in [0.05, 0.1) is 18.4 Å². The van der Waals surface area contributed by atoms with Gasteiger partial charge in [-0.1, -0.05) is 18.2 Å². The number of nitrogens with zero attached hydrogens (tertiary/aromatic N) is 4. The van der Waals surface area contributed by atoms with Crippen molar-refractivity contribution in [3.63, 3.8) is 0 Å². The molecule has 3 rings (SSSR count). The first-order valence-corrected chi connectivity index (χ1v) is 12.4. The number of hydrogen-bond donors (Lipinski definition) is 2. The van der Waals surface area contributed by atoms with Crippen LogP contribution in [-0.2, 0) is 25.3 Å². The van der Waals surface area contributed by atoms with Gasteiger partial charge in [0, 0.05) is 12.0 Å². The molecule has 0 amide bonds. The fourth-order valence-electron chi connectivity index (χ4n) is 3.05. The average Bonchev–Trinajstić information content (AvgIpc) is 3.20. The fraction of sp³-hybridized carbons (Fsp3) is 0.429. The predicted molar refractivity (Wildman–Crippen MR) is 123 cm³/mol. The lowest BCUT2D eigenvalue weighted by Gasteiger charge is -2.25. The molecule has 34 heavy (non-hydrogen) atoms. The first-order valence-electron chi connectivity index (χ1n) is 10.6. The molecular formula is C21H28FN6O5P. The van der Waals surface area contributed by atoms with Gasteiger partial charge in [0.25, 0.3) is 0 Å². The maximum Gasteiger partial charge on any atom is 0.342 e. The second-order valence-electron chi connectivity index (χ2n) is 7.83. The van der Waals surface area contributed by atoms with Crippen molar-refractivity contribution in [1.29, 1.82) is 0 Å². The normalized spacial score (nSPS) is 15.1. The van der Waals surface area contributed by atoms with Crippen molar-refractivity contribution in [3.05, 3.63) is 48.4 Å². The molecule has 11 nitrogen and oxygen atoms in total. The standard InChI is InChI=1S/C21H28FN6O5P/c1-14(2)32-20(29)15(3)27-34(30,33-17-7-5-4-6-8-17)13-31-18(10-22)9-16-11-26-28-19(16)24-12-25-21(28)23/h4-8,11-12,14-15,18H,9-10,13H2,1-3H3,(H,27,30)(H2,23,24,25)/t15-,18?,34?/m0/s1. The number of rotatable bonds is 12. The highest BCUT2D eigenvalue weighted by atomic mass is 31.2.